The second-order valence-electron chi connectivity index (χ2n) is 4.31. The van der Waals surface area contributed by atoms with Gasteiger partial charge < -0.3 is 21.8 Å². The summed E-state index contributed by atoms with van der Waals surface area (Å²) in [5.74, 6) is 0.388. The molecule has 100 valence electrons. The topological polar surface area (TPSA) is 110 Å². The summed E-state index contributed by atoms with van der Waals surface area (Å²) in [5.41, 5.74) is 13.1. The lowest BCUT2D eigenvalue weighted by Gasteiger charge is -2.16. The molecule has 0 radical (unpaired) electrons. The van der Waals surface area contributed by atoms with Crippen molar-refractivity contribution in [3.05, 3.63) is 52.1 Å². The zero-order chi connectivity index (χ0) is 13.8. The fourth-order valence-corrected chi connectivity index (χ4v) is 1.76. The Bertz CT molecular complexity index is 605. The van der Waals surface area contributed by atoms with E-state index in [-0.39, 0.29) is 17.3 Å². The number of aromatic nitrogens is 2. The molecule has 6 heteroatoms. The number of nitrogens with one attached hydrogen (secondary N) is 2. The summed E-state index contributed by atoms with van der Waals surface area (Å²) in [4.78, 5) is 17.8. The highest BCUT2D eigenvalue weighted by molar-refractivity contribution is 5.59. The first-order chi connectivity index (χ1) is 9.11. The van der Waals surface area contributed by atoms with E-state index in [0.717, 1.165) is 11.1 Å². The number of anilines is 2. The van der Waals surface area contributed by atoms with Crippen molar-refractivity contribution in [2.45, 2.75) is 19.5 Å². The van der Waals surface area contributed by atoms with Crippen molar-refractivity contribution >= 4 is 11.5 Å². The average molecular weight is 259 g/mol. The van der Waals surface area contributed by atoms with Gasteiger partial charge in [0.15, 0.2) is 5.82 Å². The van der Waals surface area contributed by atoms with Crippen LogP contribution in [0.15, 0.2) is 35.4 Å². The molecule has 0 saturated carbocycles. The zero-order valence-electron chi connectivity index (χ0n) is 10.7. The summed E-state index contributed by atoms with van der Waals surface area (Å²) in [6.07, 6.45) is 1.32. The van der Waals surface area contributed by atoms with Gasteiger partial charge in [-0.05, 0) is 18.1 Å². The fraction of sp³-hybridized carbons (Fsp3) is 0.231. The van der Waals surface area contributed by atoms with Gasteiger partial charge in [-0.2, -0.15) is 0 Å². The van der Waals surface area contributed by atoms with Crippen LogP contribution < -0.4 is 22.3 Å². The van der Waals surface area contributed by atoms with E-state index in [9.17, 15) is 4.79 Å². The van der Waals surface area contributed by atoms with Crippen LogP contribution in [-0.4, -0.2) is 9.97 Å². The molecule has 1 aromatic carbocycles. The molecule has 1 unspecified atom stereocenters. The van der Waals surface area contributed by atoms with Crippen LogP contribution in [0.2, 0.25) is 0 Å². The molecule has 0 amide bonds. The Balaban J connectivity index is 2.18. The third kappa shape index (κ3) is 2.92. The molecule has 0 spiro atoms. The molecule has 6 N–H and O–H groups in total. The Kier molecular flexibility index (Phi) is 3.82. The van der Waals surface area contributed by atoms with E-state index in [4.69, 9.17) is 11.5 Å². The first-order valence-electron chi connectivity index (χ1n) is 6.00. The molecule has 0 bridgehead atoms. The van der Waals surface area contributed by atoms with Crippen LogP contribution in [0, 0.1) is 0 Å². The van der Waals surface area contributed by atoms with Gasteiger partial charge in [0, 0.05) is 6.54 Å². The average Bonchev–Trinajstić information content (AvgIpc) is 2.44. The lowest BCUT2D eigenvalue weighted by atomic mass is 10.1. The zero-order valence-corrected chi connectivity index (χ0v) is 10.7. The quantitative estimate of drug-likeness (QED) is 0.654. The lowest BCUT2D eigenvalue weighted by molar-refractivity contribution is 0.869. The van der Waals surface area contributed by atoms with E-state index in [1.165, 1.54) is 6.33 Å². The maximum Gasteiger partial charge on any atom is 0.276 e. The molecule has 6 nitrogen and oxygen atoms in total. The van der Waals surface area contributed by atoms with Crippen molar-refractivity contribution in [2.75, 3.05) is 11.1 Å². The molecule has 1 aromatic heterocycles. The first-order valence-corrected chi connectivity index (χ1v) is 6.00. The summed E-state index contributed by atoms with van der Waals surface area (Å²) >= 11 is 0. The number of hydrogen-bond donors (Lipinski definition) is 4. The van der Waals surface area contributed by atoms with E-state index in [0.29, 0.717) is 12.4 Å². The van der Waals surface area contributed by atoms with Gasteiger partial charge >= 0.3 is 0 Å². The largest absolute Gasteiger partial charge is 0.391 e. The standard InChI is InChI=1S/C13H17N5O/c1-8(10-4-2-9(6-14)3-5-10)18-12-11(15)13(19)17-7-16-12/h2-5,7-8H,6,14-15H2,1H3,(H2,16,17,18,19). The number of nitrogen functional groups attached to an aromatic ring is 1. The van der Waals surface area contributed by atoms with E-state index < -0.39 is 0 Å². The molecule has 0 saturated heterocycles. The number of hydrogen-bond acceptors (Lipinski definition) is 5. The van der Waals surface area contributed by atoms with Crippen LogP contribution in [-0.2, 0) is 6.54 Å². The summed E-state index contributed by atoms with van der Waals surface area (Å²) in [7, 11) is 0. The summed E-state index contributed by atoms with van der Waals surface area (Å²) in [5, 5.41) is 3.12. The van der Waals surface area contributed by atoms with Gasteiger partial charge in [-0.15, -0.1) is 0 Å². The third-order valence-electron chi connectivity index (χ3n) is 2.96. The molecule has 0 aliphatic heterocycles. The van der Waals surface area contributed by atoms with Crippen LogP contribution in [0.5, 0.6) is 0 Å². The molecule has 2 rings (SSSR count). The van der Waals surface area contributed by atoms with Crippen LogP contribution in [0.4, 0.5) is 11.5 Å². The van der Waals surface area contributed by atoms with E-state index in [1.54, 1.807) is 0 Å². The highest BCUT2D eigenvalue weighted by atomic mass is 16.1. The Morgan fingerprint density at radius 1 is 1.37 bits per heavy atom. The van der Waals surface area contributed by atoms with Gasteiger partial charge in [-0.25, -0.2) is 4.98 Å². The minimum atomic E-state index is -0.344. The van der Waals surface area contributed by atoms with E-state index in [1.807, 2.05) is 31.2 Å². The first kappa shape index (κ1) is 13.1. The number of aromatic amines is 1. The predicted molar refractivity (Wildman–Crippen MR) is 75.6 cm³/mol. The van der Waals surface area contributed by atoms with Crippen molar-refractivity contribution in [3.8, 4) is 0 Å². The highest BCUT2D eigenvalue weighted by Gasteiger charge is 2.09. The summed E-state index contributed by atoms with van der Waals surface area (Å²) < 4.78 is 0. The Morgan fingerprint density at radius 3 is 2.68 bits per heavy atom. The van der Waals surface area contributed by atoms with Crippen LogP contribution in [0.3, 0.4) is 0 Å². The molecule has 2 aromatic rings. The number of nitrogens with two attached hydrogens (primary N) is 2. The molecule has 0 fully saturated rings. The Morgan fingerprint density at radius 2 is 2.05 bits per heavy atom. The van der Waals surface area contributed by atoms with E-state index in [2.05, 4.69) is 15.3 Å². The highest BCUT2D eigenvalue weighted by Crippen LogP contribution is 2.19. The van der Waals surface area contributed by atoms with Crippen LogP contribution in [0.1, 0.15) is 24.1 Å². The molecule has 0 aliphatic carbocycles. The monoisotopic (exact) mass is 259 g/mol. The van der Waals surface area contributed by atoms with E-state index >= 15 is 0 Å². The van der Waals surface area contributed by atoms with Crippen molar-refractivity contribution in [1.82, 2.24) is 9.97 Å². The van der Waals surface area contributed by atoms with Gasteiger partial charge in [0.1, 0.15) is 5.69 Å². The smallest absolute Gasteiger partial charge is 0.276 e. The van der Waals surface area contributed by atoms with Gasteiger partial charge in [0.25, 0.3) is 5.56 Å². The minimum Gasteiger partial charge on any atom is -0.391 e. The molecule has 19 heavy (non-hydrogen) atoms. The van der Waals surface area contributed by atoms with Crippen LogP contribution in [0.25, 0.3) is 0 Å². The molecular formula is C13H17N5O. The van der Waals surface area contributed by atoms with Gasteiger partial charge in [0.2, 0.25) is 0 Å². The Hall–Kier alpha value is -2.34. The predicted octanol–water partition coefficient (Wildman–Crippen LogP) is 0.984. The maximum atomic E-state index is 11.4. The van der Waals surface area contributed by atoms with Crippen LogP contribution >= 0.6 is 0 Å². The number of nitrogens with zero attached hydrogens (tertiary/aromatic N) is 1. The minimum absolute atomic E-state index is 0.0107. The maximum absolute atomic E-state index is 11.4. The SMILES string of the molecule is CC(Nc1nc[nH]c(=O)c1N)c1ccc(CN)cc1. The second-order valence-corrected chi connectivity index (χ2v) is 4.31. The molecular weight excluding hydrogens is 242 g/mol. The second kappa shape index (κ2) is 5.53. The summed E-state index contributed by atoms with van der Waals surface area (Å²) in [6.45, 7) is 2.49. The molecule has 1 atom stereocenters. The number of benzene rings is 1. The number of rotatable bonds is 4. The summed E-state index contributed by atoms with van der Waals surface area (Å²) in [6, 6.07) is 7.92. The van der Waals surface area contributed by atoms with Crippen molar-refractivity contribution in [3.63, 3.8) is 0 Å². The van der Waals surface area contributed by atoms with Gasteiger partial charge in [-0.1, -0.05) is 24.3 Å². The number of H-pyrrole nitrogens is 1. The van der Waals surface area contributed by atoms with Crippen molar-refractivity contribution < 1.29 is 0 Å². The normalized spacial score (nSPS) is 12.1. The Labute approximate surface area is 110 Å². The van der Waals surface area contributed by atoms with Gasteiger partial charge in [-0.3, -0.25) is 4.79 Å². The fourth-order valence-electron chi connectivity index (χ4n) is 1.76. The van der Waals surface area contributed by atoms with Crippen molar-refractivity contribution in [2.24, 2.45) is 5.73 Å². The third-order valence-corrected chi connectivity index (χ3v) is 2.96. The van der Waals surface area contributed by atoms with Crippen molar-refractivity contribution in [1.29, 1.82) is 0 Å². The molecule has 0 aliphatic rings. The van der Waals surface area contributed by atoms with Gasteiger partial charge in [0.05, 0.1) is 12.4 Å². The lowest BCUT2D eigenvalue weighted by Crippen LogP contribution is -2.17. The molecule has 1 heterocycles.